The zero-order chi connectivity index (χ0) is 17.2. The van der Waals surface area contributed by atoms with Gasteiger partial charge in [0.05, 0.1) is 30.6 Å². The molecule has 128 valence electrons. The first-order valence-corrected chi connectivity index (χ1v) is 8.65. The Hall–Kier alpha value is -2.82. The third kappa shape index (κ3) is 3.50. The molecule has 5 nitrogen and oxygen atoms in total. The van der Waals surface area contributed by atoms with Crippen LogP contribution in [0.15, 0.2) is 59.5 Å². The Bertz CT molecular complexity index is 862. The summed E-state index contributed by atoms with van der Waals surface area (Å²) in [4.78, 5) is 12.5. The smallest absolute Gasteiger partial charge is 0.255 e. The van der Waals surface area contributed by atoms with E-state index < -0.39 is 0 Å². The molecule has 1 N–H and O–H groups in total. The molecule has 1 aromatic carbocycles. The van der Waals surface area contributed by atoms with Crippen molar-refractivity contribution in [1.82, 2.24) is 15.1 Å². The first-order valence-electron chi connectivity index (χ1n) is 8.65. The molecule has 2 aromatic heterocycles. The van der Waals surface area contributed by atoms with Crippen molar-refractivity contribution in [2.75, 3.05) is 0 Å². The van der Waals surface area contributed by atoms with Gasteiger partial charge in [0, 0.05) is 17.7 Å². The molecular formula is C20H21N3O2. The summed E-state index contributed by atoms with van der Waals surface area (Å²) >= 11 is 0. The van der Waals surface area contributed by atoms with Gasteiger partial charge >= 0.3 is 0 Å². The van der Waals surface area contributed by atoms with Crippen LogP contribution < -0.4 is 5.32 Å². The van der Waals surface area contributed by atoms with Gasteiger partial charge in [-0.15, -0.1) is 0 Å². The first-order chi connectivity index (χ1) is 12.2. The molecule has 0 aliphatic heterocycles. The number of carbonyl (C=O) groups excluding carboxylic acids is 1. The highest BCUT2D eigenvalue weighted by molar-refractivity contribution is 5.95. The highest BCUT2D eigenvalue weighted by Gasteiger charge is 2.31. The van der Waals surface area contributed by atoms with E-state index in [4.69, 9.17) is 4.42 Å². The molecule has 0 saturated heterocycles. The molecule has 4 rings (SSSR count). The number of hydrogen-bond donors (Lipinski definition) is 1. The molecule has 1 amide bonds. The van der Waals surface area contributed by atoms with Crippen LogP contribution >= 0.6 is 0 Å². The van der Waals surface area contributed by atoms with E-state index in [1.165, 1.54) is 5.56 Å². The van der Waals surface area contributed by atoms with Gasteiger partial charge in [-0.1, -0.05) is 30.3 Å². The Labute approximate surface area is 146 Å². The Morgan fingerprint density at radius 3 is 2.88 bits per heavy atom. The van der Waals surface area contributed by atoms with E-state index in [-0.39, 0.29) is 11.9 Å². The number of carbonyl (C=O) groups is 1. The number of aromatic nitrogens is 2. The summed E-state index contributed by atoms with van der Waals surface area (Å²) in [5, 5.41) is 7.45. The molecule has 1 unspecified atom stereocenters. The second-order valence-electron chi connectivity index (χ2n) is 6.62. The topological polar surface area (TPSA) is 60.1 Å². The lowest BCUT2D eigenvalue weighted by molar-refractivity contribution is 0.0938. The maximum absolute atomic E-state index is 12.5. The predicted octanol–water partition coefficient (Wildman–Crippen LogP) is 3.89. The van der Waals surface area contributed by atoms with Crippen LogP contribution in [0.1, 0.15) is 59.0 Å². The Balaban J connectivity index is 1.42. The lowest BCUT2D eigenvalue weighted by atomic mass is 10.1. The minimum absolute atomic E-state index is 0.0843. The number of hydrogen-bond acceptors (Lipinski definition) is 3. The zero-order valence-electron chi connectivity index (χ0n) is 14.2. The van der Waals surface area contributed by atoms with E-state index in [2.05, 4.69) is 22.5 Å². The molecule has 1 saturated carbocycles. The average Bonchev–Trinajstić information content (AvgIpc) is 3.16. The average molecular weight is 335 g/mol. The summed E-state index contributed by atoms with van der Waals surface area (Å²) in [7, 11) is 0. The summed E-state index contributed by atoms with van der Waals surface area (Å²) in [6.45, 7) is 2.69. The van der Waals surface area contributed by atoms with Gasteiger partial charge in [0.2, 0.25) is 0 Å². The van der Waals surface area contributed by atoms with Crippen molar-refractivity contribution in [3.05, 3.63) is 77.5 Å². The van der Waals surface area contributed by atoms with Gasteiger partial charge in [-0.3, -0.25) is 9.48 Å². The quantitative estimate of drug-likeness (QED) is 0.743. The SMILES string of the molecule is CC(NC(=O)c1ccoc1C1CC1)c1cnn(Cc2ccccc2)c1. The lowest BCUT2D eigenvalue weighted by Gasteiger charge is -2.12. The fraction of sp³-hybridized carbons (Fsp3) is 0.300. The number of nitrogens with one attached hydrogen (secondary N) is 1. The van der Waals surface area contributed by atoms with Crippen molar-refractivity contribution in [2.45, 2.75) is 38.3 Å². The van der Waals surface area contributed by atoms with Crippen molar-refractivity contribution in [3.8, 4) is 0 Å². The molecule has 1 fully saturated rings. The standard InChI is InChI=1S/C20H21N3O2/c1-14(22-20(24)18-9-10-25-19(18)16-7-8-16)17-11-21-23(13-17)12-15-5-3-2-4-6-15/h2-6,9-11,13-14,16H,7-8,12H2,1H3,(H,22,24). The summed E-state index contributed by atoms with van der Waals surface area (Å²) < 4.78 is 7.38. The van der Waals surface area contributed by atoms with E-state index in [0.29, 0.717) is 11.5 Å². The van der Waals surface area contributed by atoms with Gasteiger partial charge < -0.3 is 9.73 Å². The van der Waals surface area contributed by atoms with E-state index in [1.54, 1.807) is 12.3 Å². The molecule has 2 heterocycles. The predicted molar refractivity (Wildman–Crippen MR) is 94.3 cm³/mol. The maximum Gasteiger partial charge on any atom is 0.255 e. The molecule has 25 heavy (non-hydrogen) atoms. The van der Waals surface area contributed by atoms with Gasteiger partial charge in [0.25, 0.3) is 5.91 Å². The molecule has 1 aliphatic rings. The molecule has 5 heteroatoms. The highest BCUT2D eigenvalue weighted by Crippen LogP contribution is 2.42. The fourth-order valence-electron chi connectivity index (χ4n) is 2.99. The Kier molecular flexibility index (Phi) is 4.14. The maximum atomic E-state index is 12.5. The number of nitrogens with zero attached hydrogens (tertiary/aromatic N) is 2. The molecule has 0 bridgehead atoms. The number of furan rings is 1. The van der Waals surface area contributed by atoms with Crippen LogP contribution in [0.25, 0.3) is 0 Å². The van der Waals surface area contributed by atoms with Crippen LogP contribution in [0.2, 0.25) is 0 Å². The third-order valence-electron chi connectivity index (χ3n) is 4.58. The van der Waals surface area contributed by atoms with Crippen molar-refractivity contribution in [1.29, 1.82) is 0 Å². The van der Waals surface area contributed by atoms with Crippen LogP contribution in [0.5, 0.6) is 0 Å². The van der Waals surface area contributed by atoms with Crippen molar-refractivity contribution >= 4 is 5.91 Å². The van der Waals surface area contributed by atoms with Crippen LogP contribution in [0.4, 0.5) is 0 Å². The van der Waals surface area contributed by atoms with Crippen molar-refractivity contribution in [2.24, 2.45) is 0 Å². The van der Waals surface area contributed by atoms with Gasteiger partial charge in [0.1, 0.15) is 5.76 Å². The van der Waals surface area contributed by atoms with E-state index in [9.17, 15) is 4.79 Å². The normalized spacial score (nSPS) is 15.1. The number of rotatable bonds is 6. The minimum atomic E-state index is -0.112. The van der Waals surface area contributed by atoms with Crippen LogP contribution in [-0.2, 0) is 6.54 Å². The summed E-state index contributed by atoms with van der Waals surface area (Å²) in [5.74, 6) is 1.16. The second kappa shape index (κ2) is 6.59. The summed E-state index contributed by atoms with van der Waals surface area (Å²) in [6, 6.07) is 11.8. The Morgan fingerprint density at radius 2 is 2.12 bits per heavy atom. The van der Waals surface area contributed by atoms with Crippen molar-refractivity contribution < 1.29 is 9.21 Å². The largest absolute Gasteiger partial charge is 0.468 e. The van der Waals surface area contributed by atoms with Crippen LogP contribution in [0, 0.1) is 0 Å². The molecule has 1 atom stereocenters. The summed E-state index contributed by atoms with van der Waals surface area (Å²) in [6.07, 6.45) is 7.61. The number of amides is 1. The van der Waals surface area contributed by atoms with Gasteiger partial charge in [-0.25, -0.2) is 0 Å². The highest BCUT2D eigenvalue weighted by atomic mass is 16.3. The molecule has 3 aromatic rings. The Morgan fingerprint density at radius 1 is 1.32 bits per heavy atom. The third-order valence-corrected chi connectivity index (χ3v) is 4.58. The molecule has 0 spiro atoms. The zero-order valence-corrected chi connectivity index (χ0v) is 14.2. The number of benzene rings is 1. The summed E-state index contributed by atoms with van der Waals surface area (Å²) in [5.41, 5.74) is 2.84. The van der Waals surface area contributed by atoms with Crippen molar-refractivity contribution in [3.63, 3.8) is 0 Å². The van der Waals surface area contributed by atoms with Crippen LogP contribution in [-0.4, -0.2) is 15.7 Å². The van der Waals surface area contributed by atoms with Gasteiger partial charge in [-0.05, 0) is 31.4 Å². The van der Waals surface area contributed by atoms with E-state index >= 15 is 0 Å². The molecule has 1 aliphatic carbocycles. The van der Waals surface area contributed by atoms with Gasteiger partial charge in [-0.2, -0.15) is 5.10 Å². The molecular weight excluding hydrogens is 314 g/mol. The second-order valence-corrected chi connectivity index (χ2v) is 6.62. The van der Waals surface area contributed by atoms with E-state index in [1.807, 2.05) is 42.2 Å². The van der Waals surface area contributed by atoms with E-state index in [0.717, 1.165) is 30.7 Å². The minimum Gasteiger partial charge on any atom is -0.468 e. The molecule has 0 radical (unpaired) electrons. The monoisotopic (exact) mass is 335 g/mol. The first kappa shape index (κ1) is 15.7. The van der Waals surface area contributed by atoms with Gasteiger partial charge in [0.15, 0.2) is 0 Å². The fourth-order valence-corrected chi connectivity index (χ4v) is 2.99. The van der Waals surface area contributed by atoms with Crippen LogP contribution in [0.3, 0.4) is 0 Å². The lowest BCUT2D eigenvalue weighted by Crippen LogP contribution is -2.26.